The summed E-state index contributed by atoms with van der Waals surface area (Å²) < 4.78 is 5.97. The van der Waals surface area contributed by atoms with E-state index < -0.39 is 0 Å². The molecular formula is C22H22O2. The third-order valence-corrected chi connectivity index (χ3v) is 3.62. The van der Waals surface area contributed by atoms with E-state index in [-0.39, 0.29) is 6.10 Å². The molecule has 0 heterocycles. The number of allylic oxidation sites excluding steroid dienone is 1. The maximum absolute atomic E-state index is 11.1. The molecule has 0 radical (unpaired) electrons. The lowest BCUT2D eigenvalue weighted by Gasteiger charge is -2.12. The topological polar surface area (TPSA) is 26.3 Å². The second-order valence-electron chi connectivity index (χ2n) is 5.48. The third kappa shape index (κ3) is 5.87. The summed E-state index contributed by atoms with van der Waals surface area (Å²) in [7, 11) is 0. The predicted molar refractivity (Wildman–Crippen MR) is 97.8 cm³/mol. The Labute approximate surface area is 144 Å². The molecule has 1 unspecified atom stereocenters. The number of unbranched alkanes of at least 4 members (excludes halogenated alkanes) is 1. The van der Waals surface area contributed by atoms with Crippen LogP contribution in [0.4, 0.5) is 0 Å². The first-order valence-electron chi connectivity index (χ1n) is 8.15. The summed E-state index contributed by atoms with van der Waals surface area (Å²) in [5, 5.41) is 0. The molecule has 122 valence electrons. The highest BCUT2D eigenvalue weighted by molar-refractivity contribution is 5.79. The summed E-state index contributed by atoms with van der Waals surface area (Å²) >= 11 is 0. The molecule has 2 nitrogen and oxygen atoms in total. The maximum Gasteiger partial charge on any atom is 0.151 e. The van der Waals surface area contributed by atoms with Crippen molar-refractivity contribution in [3.05, 3.63) is 83.9 Å². The Morgan fingerprint density at radius 1 is 1.08 bits per heavy atom. The van der Waals surface area contributed by atoms with E-state index in [1.807, 2.05) is 54.6 Å². The molecule has 0 aliphatic heterocycles. The van der Waals surface area contributed by atoms with E-state index in [1.54, 1.807) is 6.07 Å². The lowest BCUT2D eigenvalue weighted by Crippen LogP contribution is -2.10. The van der Waals surface area contributed by atoms with Gasteiger partial charge in [0.1, 0.15) is 6.10 Å². The number of hydrogen-bond donors (Lipinski definition) is 0. The highest BCUT2D eigenvalue weighted by Crippen LogP contribution is 2.10. The molecule has 0 bridgehead atoms. The smallest absolute Gasteiger partial charge is 0.151 e. The Balaban J connectivity index is 2.06. The number of hydrogen-bond acceptors (Lipinski definition) is 2. The average Bonchev–Trinajstić information content (AvgIpc) is 2.64. The molecule has 0 saturated carbocycles. The van der Waals surface area contributed by atoms with Crippen LogP contribution in [0.15, 0.2) is 67.3 Å². The van der Waals surface area contributed by atoms with Crippen LogP contribution in [0.3, 0.4) is 0 Å². The van der Waals surface area contributed by atoms with E-state index in [4.69, 9.17) is 4.74 Å². The van der Waals surface area contributed by atoms with E-state index in [0.717, 1.165) is 36.7 Å². The van der Waals surface area contributed by atoms with Gasteiger partial charge in [0.15, 0.2) is 6.29 Å². The van der Waals surface area contributed by atoms with Crippen LogP contribution in [-0.4, -0.2) is 12.4 Å². The number of ether oxygens (including phenoxy) is 1. The number of rotatable bonds is 8. The fourth-order valence-electron chi connectivity index (χ4n) is 2.29. The van der Waals surface area contributed by atoms with Gasteiger partial charge in [0.25, 0.3) is 0 Å². The van der Waals surface area contributed by atoms with Crippen molar-refractivity contribution in [3.63, 3.8) is 0 Å². The average molecular weight is 318 g/mol. The Kier molecular flexibility index (Phi) is 7.53. The van der Waals surface area contributed by atoms with Gasteiger partial charge in [0, 0.05) is 11.1 Å². The Morgan fingerprint density at radius 3 is 2.58 bits per heavy atom. The summed E-state index contributed by atoms with van der Waals surface area (Å²) in [5.74, 6) is 6.27. The van der Waals surface area contributed by atoms with Gasteiger partial charge in [-0.2, -0.15) is 0 Å². The van der Waals surface area contributed by atoms with E-state index in [9.17, 15) is 4.79 Å². The van der Waals surface area contributed by atoms with Gasteiger partial charge in [0.2, 0.25) is 0 Å². The maximum atomic E-state index is 11.1. The third-order valence-electron chi connectivity index (χ3n) is 3.62. The largest absolute Gasteiger partial charge is 0.361 e. The molecule has 0 aliphatic carbocycles. The van der Waals surface area contributed by atoms with Crippen LogP contribution in [0, 0.1) is 11.8 Å². The van der Waals surface area contributed by atoms with Gasteiger partial charge in [-0.15, -0.1) is 6.58 Å². The van der Waals surface area contributed by atoms with Crippen LogP contribution in [0.1, 0.15) is 40.7 Å². The molecule has 2 aromatic rings. The molecule has 24 heavy (non-hydrogen) atoms. The van der Waals surface area contributed by atoms with Crippen LogP contribution >= 0.6 is 0 Å². The minimum atomic E-state index is -0.162. The van der Waals surface area contributed by atoms with Crippen LogP contribution in [0.5, 0.6) is 0 Å². The summed E-state index contributed by atoms with van der Waals surface area (Å²) in [4.78, 5) is 11.1. The first kappa shape index (κ1) is 17.7. The van der Waals surface area contributed by atoms with E-state index in [1.165, 1.54) is 0 Å². The lowest BCUT2D eigenvalue weighted by atomic mass is 10.1. The Morgan fingerprint density at radius 2 is 1.83 bits per heavy atom. The molecule has 2 rings (SSSR count). The van der Waals surface area contributed by atoms with Gasteiger partial charge in [0.05, 0.1) is 6.61 Å². The first-order valence-corrected chi connectivity index (χ1v) is 8.15. The standard InChI is InChI=1S/C22H22O2/c1-2-3-5-14-22(24-18-19-10-6-4-7-11-19)16-15-20-12-8-9-13-21(20)17-23/h2,4,6-13,17,22H,1,3,5,14,18H2. The molecule has 1 atom stereocenters. The molecule has 0 aliphatic rings. The molecule has 0 aromatic heterocycles. The van der Waals surface area contributed by atoms with Gasteiger partial charge >= 0.3 is 0 Å². The molecule has 2 heteroatoms. The molecule has 2 aromatic carbocycles. The highest BCUT2D eigenvalue weighted by atomic mass is 16.5. The van der Waals surface area contributed by atoms with Gasteiger partial charge in [-0.25, -0.2) is 0 Å². The summed E-state index contributed by atoms with van der Waals surface area (Å²) in [6.45, 7) is 4.28. The number of carbonyl (C=O) groups excluding carboxylic acids is 1. The molecule has 0 spiro atoms. The molecule has 0 fully saturated rings. The molecular weight excluding hydrogens is 296 g/mol. The fourth-order valence-corrected chi connectivity index (χ4v) is 2.29. The Hall–Kier alpha value is -2.63. The van der Waals surface area contributed by atoms with E-state index in [0.29, 0.717) is 12.2 Å². The van der Waals surface area contributed by atoms with Crippen LogP contribution in [0.25, 0.3) is 0 Å². The second-order valence-corrected chi connectivity index (χ2v) is 5.48. The highest BCUT2D eigenvalue weighted by Gasteiger charge is 2.06. The monoisotopic (exact) mass is 318 g/mol. The van der Waals surface area contributed by atoms with E-state index in [2.05, 4.69) is 18.4 Å². The zero-order chi connectivity index (χ0) is 17.0. The predicted octanol–water partition coefficient (Wildman–Crippen LogP) is 4.79. The zero-order valence-corrected chi connectivity index (χ0v) is 13.8. The van der Waals surface area contributed by atoms with Crippen LogP contribution in [0.2, 0.25) is 0 Å². The zero-order valence-electron chi connectivity index (χ0n) is 13.8. The van der Waals surface area contributed by atoms with Crippen molar-refractivity contribution < 1.29 is 9.53 Å². The van der Waals surface area contributed by atoms with Crippen molar-refractivity contribution in [2.75, 3.05) is 0 Å². The van der Waals surface area contributed by atoms with Crippen molar-refractivity contribution in [1.82, 2.24) is 0 Å². The van der Waals surface area contributed by atoms with Crippen molar-refractivity contribution in [1.29, 1.82) is 0 Å². The Bertz CT molecular complexity index is 707. The summed E-state index contributed by atoms with van der Waals surface area (Å²) in [6, 6.07) is 17.4. The van der Waals surface area contributed by atoms with Crippen molar-refractivity contribution >= 4 is 6.29 Å². The minimum absolute atomic E-state index is 0.162. The van der Waals surface area contributed by atoms with Gasteiger partial charge in [-0.3, -0.25) is 4.79 Å². The number of benzene rings is 2. The minimum Gasteiger partial charge on any atom is -0.361 e. The normalized spacial score (nSPS) is 11.2. The second kappa shape index (κ2) is 10.2. The van der Waals surface area contributed by atoms with Gasteiger partial charge in [-0.05, 0) is 30.9 Å². The first-order chi connectivity index (χ1) is 11.8. The molecule has 0 amide bonds. The van der Waals surface area contributed by atoms with Crippen molar-refractivity contribution in [2.24, 2.45) is 0 Å². The lowest BCUT2D eigenvalue weighted by molar-refractivity contribution is 0.0715. The van der Waals surface area contributed by atoms with Crippen LogP contribution < -0.4 is 0 Å². The van der Waals surface area contributed by atoms with E-state index >= 15 is 0 Å². The van der Waals surface area contributed by atoms with Gasteiger partial charge in [-0.1, -0.05) is 66.4 Å². The molecule has 0 saturated heterocycles. The summed E-state index contributed by atoms with van der Waals surface area (Å²) in [5.41, 5.74) is 2.48. The van der Waals surface area contributed by atoms with Crippen LogP contribution in [-0.2, 0) is 11.3 Å². The fraction of sp³-hybridized carbons (Fsp3) is 0.227. The molecule has 0 N–H and O–H groups in total. The van der Waals surface area contributed by atoms with Gasteiger partial charge < -0.3 is 4.74 Å². The number of aldehydes is 1. The van der Waals surface area contributed by atoms with Crippen molar-refractivity contribution in [3.8, 4) is 11.8 Å². The SMILES string of the molecule is C=CCCCC(C#Cc1ccccc1C=O)OCc1ccccc1. The summed E-state index contributed by atoms with van der Waals surface area (Å²) in [6.07, 6.45) is 5.34. The van der Waals surface area contributed by atoms with Crippen molar-refractivity contribution in [2.45, 2.75) is 32.0 Å². The quantitative estimate of drug-likeness (QED) is 0.303. The number of carbonyl (C=O) groups is 1.